The van der Waals surface area contributed by atoms with Crippen molar-refractivity contribution in [1.29, 1.82) is 0 Å². The van der Waals surface area contributed by atoms with Gasteiger partial charge in [-0.3, -0.25) is 0 Å². The molecule has 0 spiro atoms. The van der Waals surface area contributed by atoms with Gasteiger partial charge in [-0.15, -0.1) is 0 Å². The SMILES string of the molecule is C=C(C)C(=O)[O][Ti+]([O]C(=O)C(=C)C)[C]1=C(C)C(C)=C(C)C1(C)C.C[O-]. The second-order valence-corrected chi connectivity index (χ2v) is 8.82. The van der Waals surface area contributed by atoms with E-state index in [-0.39, 0.29) is 16.6 Å². The summed E-state index contributed by atoms with van der Waals surface area (Å²) in [4.78, 5) is 24.0. The van der Waals surface area contributed by atoms with E-state index in [1.54, 1.807) is 13.8 Å². The van der Waals surface area contributed by atoms with Crippen molar-refractivity contribution in [2.75, 3.05) is 7.11 Å². The predicted octanol–water partition coefficient (Wildman–Crippen LogP) is 3.30. The Morgan fingerprint density at radius 1 is 0.920 bits per heavy atom. The minimum absolute atomic E-state index is 0.289. The fourth-order valence-electron chi connectivity index (χ4n) is 2.47. The monoisotopic (exact) mass is 384 g/mol. The Bertz CT molecular complexity index is 625. The van der Waals surface area contributed by atoms with Gasteiger partial charge in [-0.05, 0) is 0 Å². The van der Waals surface area contributed by atoms with Gasteiger partial charge in [0.2, 0.25) is 0 Å². The first kappa shape index (κ1) is 23.6. The van der Waals surface area contributed by atoms with Gasteiger partial charge in [0.15, 0.2) is 0 Å². The van der Waals surface area contributed by atoms with Crippen molar-refractivity contribution in [3.8, 4) is 0 Å². The van der Waals surface area contributed by atoms with Gasteiger partial charge in [0.1, 0.15) is 0 Å². The Hall–Kier alpha value is -1.43. The standard InChI is InChI=1S/C10H15.2C4H6O2.CH3O.Ti/c1-7-6-10(4,5)9(3)8(7)2;2*1-3(2)4(5)6;1-2;/h1-5H3;2*1H2,2H3,(H,5,6);1H3;/q;;;-1;+3/p-2. The zero-order valence-corrected chi connectivity index (χ0v) is 18.0. The molecule has 6 heteroatoms. The molecule has 0 heterocycles. The molecule has 0 fully saturated rings. The van der Waals surface area contributed by atoms with E-state index in [2.05, 4.69) is 33.9 Å². The van der Waals surface area contributed by atoms with Gasteiger partial charge in [-0.25, -0.2) is 0 Å². The molecule has 0 saturated heterocycles. The maximum absolute atomic E-state index is 12.0. The fourth-order valence-corrected chi connectivity index (χ4v) is 5.78. The van der Waals surface area contributed by atoms with Crippen LogP contribution in [0.15, 0.2) is 44.9 Å². The van der Waals surface area contributed by atoms with Crippen LogP contribution in [0, 0.1) is 5.41 Å². The van der Waals surface area contributed by atoms with Crippen molar-refractivity contribution in [3.05, 3.63) is 44.9 Å². The van der Waals surface area contributed by atoms with Gasteiger partial charge in [0.25, 0.3) is 0 Å². The van der Waals surface area contributed by atoms with Crippen LogP contribution in [-0.4, -0.2) is 19.0 Å². The Morgan fingerprint density at radius 3 is 1.52 bits per heavy atom. The second-order valence-electron chi connectivity index (χ2n) is 6.50. The van der Waals surface area contributed by atoms with Gasteiger partial charge in [-0.2, -0.15) is 7.11 Å². The Balaban J connectivity index is 0.00000277. The van der Waals surface area contributed by atoms with Crippen LogP contribution in [-0.2, 0) is 34.9 Å². The van der Waals surface area contributed by atoms with Gasteiger partial charge in [-0.1, -0.05) is 0 Å². The average molecular weight is 384 g/mol. The number of hydrogen-bond acceptors (Lipinski definition) is 5. The molecular weight excluding hydrogens is 356 g/mol. The van der Waals surface area contributed by atoms with Crippen molar-refractivity contribution in [2.45, 2.75) is 48.5 Å². The summed E-state index contributed by atoms with van der Waals surface area (Å²) in [5, 5.41) is 8.25. The number of carbonyl (C=O) groups excluding carboxylic acids is 2. The molecule has 0 amide bonds. The molecule has 0 saturated carbocycles. The second kappa shape index (κ2) is 9.32. The average Bonchev–Trinajstić information content (AvgIpc) is 2.68. The first-order valence-electron chi connectivity index (χ1n) is 7.84. The number of rotatable bonds is 5. The minimum atomic E-state index is -3.09. The molecule has 0 N–H and O–H groups in total. The molecule has 0 bridgehead atoms. The number of hydrogen-bond donors (Lipinski definition) is 0. The van der Waals surface area contributed by atoms with Crippen LogP contribution >= 0.6 is 0 Å². The molecule has 25 heavy (non-hydrogen) atoms. The largest absolute Gasteiger partial charge is 0.857 e. The third-order valence-corrected chi connectivity index (χ3v) is 7.69. The molecule has 0 atom stereocenters. The van der Waals surface area contributed by atoms with Crippen molar-refractivity contribution in [1.82, 2.24) is 0 Å². The molecular formula is C19H28O5Ti. The molecule has 1 rings (SSSR count). The number of allylic oxidation sites excluding steroid dienone is 4. The Labute approximate surface area is 157 Å². The summed E-state index contributed by atoms with van der Waals surface area (Å²) in [5.74, 6) is -1.04. The Morgan fingerprint density at radius 2 is 1.28 bits per heavy atom. The zero-order chi connectivity index (χ0) is 20.1. The van der Waals surface area contributed by atoms with Crippen LogP contribution in [0.5, 0.6) is 0 Å². The summed E-state index contributed by atoms with van der Waals surface area (Å²) in [6, 6.07) is 0. The summed E-state index contributed by atoms with van der Waals surface area (Å²) in [7, 11) is 0.750. The Kier molecular flexibility index (Phi) is 8.79. The quantitative estimate of drug-likeness (QED) is 0.537. The van der Waals surface area contributed by atoms with Crippen molar-refractivity contribution in [2.24, 2.45) is 5.41 Å². The van der Waals surface area contributed by atoms with Crippen LogP contribution < -0.4 is 5.11 Å². The van der Waals surface area contributed by atoms with E-state index in [0.717, 1.165) is 22.1 Å². The third kappa shape index (κ3) is 5.27. The zero-order valence-electron chi connectivity index (χ0n) is 16.5. The molecule has 0 radical (unpaired) electrons. The van der Waals surface area contributed by atoms with Crippen molar-refractivity contribution in [3.63, 3.8) is 0 Å². The molecule has 5 nitrogen and oxygen atoms in total. The van der Waals surface area contributed by atoms with Crippen molar-refractivity contribution >= 4 is 11.9 Å². The van der Waals surface area contributed by atoms with E-state index >= 15 is 0 Å². The van der Waals surface area contributed by atoms with E-state index in [4.69, 9.17) is 11.7 Å². The summed E-state index contributed by atoms with van der Waals surface area (Å²) in [5.41, 5.74) is 3.69. The van der Waals surface area contributed by atoms with Gasteiger partial charge < -0.3 is 5.11 Å². The normalized spacial score (nSPS) is 15.2. The van der Waals surface area contributed by atoms with E-state index in [1.807, 2.05) is 13.8 Å². The van der Waals surface area contributed by atoms with E-state index < -0.39 is 30.6 Å². The van der Waals surface area contributed by atoms with Crippen LogP contribution in [0.2, 0.25) is 0 Å². The summed E-state index contributed by atoms with van der Waals surface area (Å²) < 4.78 is 12.1. The summed E-state index contributed by atoms with van der Waals surface area (Å²) >= 11 is -3.09. The van der Waals surface area contributed by atoms with E-state index in [0.29, 0.717) is 0 Å². The minimum Gasteiger partial charge on any atom is -0.857 e. The molecule has 0 aromatic heterocycles. The van der Waals surface area contributed by atoms with Crippen LogP contribution in [0.25, 0.3) is 0 Å². The topological polar surface area (TPSA) is 75.7 Å². The van der Waals surface area contributed by atoms with Crippen LogP contribution in [0.4, 0.5) is 0 Å². The van der Waals surface area contributed by atoms with Crippen LogP contribution in [0.3, 0.4) is 0 Å². The molecule has 1 aliphatic carbocycles. The molecule has 138 valence electrons. The fraction of sp³-hybridized carbons (Fsp3) is 0.474. The maximum Gasteiger partial charge on any atom is -0.153 e. The molecule has 1 aliphatic rings. The molecule has 0 unspecified atom stereocenters. The summed E-state index contributed by atoms with van der Waals surface area (Å²) in [6.07, 6.45) is 0. The first-order valence-corrected chi connectivity index (χ1v) is 9.90. The molecule has 0 aromatic rings. The van der Waals surface area contributed by atoms with E-state index in [1.165, 1.54) is 5.57 Å². The summed E-state index contributed by atoms with van der Waals surface area (Å²) in [6.45, 7) is 20.6. The predicted molar refractivity (Wildman–Crippen MR) is 92.6 cm³/mol. The van der Waals surface area contributed by atoms with E-state index in [9.17, 15) is 9.59 Å². The van der Waals surface area contributed by atoms with Gasteiger partial charge in [0.05, 0.1) is 0 Å². The maximum atomic E-state index is 12.0. The smallest absolute Gasteiger partial charge is 0.153 e. The van der Waals surface area contributed by atoms with Gasteiger partial charge in [0, 0.05) is 0 Å². The van der Waals surface area contributed by atoms with Crippen LogP contribution in [0.1, 0.15) is 48.5 Å². The first-order chi connectivity index (χ1) is 11.4. The molecule has 0 aromatic carbocycles. The number of carbonyl (C=O) groups is 2. The third-order valence-electron chi connectivity index (χ3n) is 4.33. The van der Waals surface area contributed by atoms with Gasteiger partial charge >= 0.3 is 146 Å². The van der Waals surface area contributed by atoms with Crippen molar-refractivity contribution < 1.29 is 40.0 Å². The molecule has 0 aliphatic heterocycles.